The Balaban J connectivity index is 1.68. The van der Waals surface area contributed by atoms with Crippen molar-refractivity contribution in [2.75, 3.05) is 19.5 Å². The molecule has 11 heteroatoms. The minimum Gasteiger partial charge on any atom is -0.493 e. The highest BCUT2D eigenvalue weighted by Gasteiger charge is 2.22. The van der Waals surface area contributed by atoms with Crippen molar-refractivity contribution in [3.05, 3.63) is 84.1 Å². The highest BCUT2D eigenvalue weighted by atomic mass is 19.1. The monoisotopic (exact) mass is 501 g/mol. The van der Waals surface area contributed by atoms with Gasteiger partial charge in [0.05, 0.1) is 19.9 Å². The van der Waals surface area contributed by atoms with Crippen molar-refractivity contribution in [3.8, 4) is 34.1 Å². The summed E-state index contributed by atoms with van der Waals surface area (Å²) in [5, 5.41) is 16.9. The number of aryl methyl sites for hydroxylation is 1. The zero-order chi connectivity index (χ0) is 26.1. The minimum absolute atomic E-state index is 0.241. The van der Waals surface area contributed by atoms with Gasteiger partial charge in [0, 0.05) is 34.2 Å². The first kappa shape index (κ1) is 23.7. The molecule has 0 aliphatic rings. The van der Waals surface area contributed by atoms with E-state index >= 15 is 0 Å². The molecule has 0 fully saturated rings. The lowest BCUT2D eigenvalue weighted by atomic mass is 10.0. The van der Waals surface area contributed by atoms with Crippen molar-refractivity contribution < 1.29 is 28.6 Å². The number of hydrogen-bond donors (Lipinski definition) is 2. The van der Waals surface area contributed by atoms with Gasteiger partial charge in [-0.25, -0.2) is 18.9 Å². The highest BCUT2D eigenvalue weighted by Crippen LogP contribution is 2.37. The predicted octanol–water partition coefficient (Wildman–Crippen LogP) is 3.70. The van der Waals surface area contributed by atoms with Crippen LogP contribution in [0.2, 0.25) is 0 Å². The van der Waals surface area contributed by atoms with Crippen LogP contribution in [0.25, 0.3) is 28.2 Å². The first-order valence-electron chi connectivity index (χ1n) is 11.1. The van der Waals surface area contributed by atoms with E-state index in [0.29, 0.717) is 45.4 Å². The summed E-state index contributed by atoms with van der Waals surface area (Å²) in [7, 11) is 3.01. The third-order valence-electron chi connectivity index (χ3n) is 5.71. The van der Waals surface area contributed by atoms with E-state index in [1.165, 1.54) is 32.7 Å². The SMILES string of the molecule is COc1cc(OC)c2nc(-c3ccc(F)c(C)c3)c(-c3ccnc(NC(=O)c4ccc[n+](O)c4)c3)n2n1. The summed E-state index contributed by atoms with van der Waals surface area (Å²) < 4.78 is 27.3. The molecule has 0 saturated carbocycles. The van der Waals surface area contributed by atoms with Gasteiger partial charge < -0.3 is 14.8 Å². The Bertz CT molecular complexity index is 1650. The van der Waals surface area contributed by atoms with Gasteiger partial charge in [0.2, 0.25) is 18.3 Å². The number of imidazole rings is 1. The Morgan fingerprint density at radius 1 is 1.11 bits per heavy atom. The van der Waals surface area contributed by atoms with E-state index in [2.05, 4.69) is 15.4 Å². The molecule has 0 aliphatic heterocycles. The van der Waals surface area contributed by atoms with E-state index in [1.54, 1.807) is 60.1 Å². The number of carbonyl (C=O) groups excluding carboxylic acids is 1. The molecule has 1 amide bonds. The molecule has 0 spiro atoms. The number of benzene rings is 1. The molecule has 2 N–H and O–H groups in total. The van der Waals surface area contributed by atoms with Crippen LogP contribution in [0.1, 0.15) is 15.9 Å². The lowest BCUT2D eigenvalue weighted by molar-refractivity contribution is -0.904. The van der Waals surface area contributed by atoms with E-state index in [0.717, 1.165) is 4.73 Å². The normalized spacial score (nSPS) is 10.9. The summed E-state index contributed by atoms with van der Waals surface area (Å²) in [4.78, 5) is 21.8. The number of rotatable bonds is 6. The van der Waals surface area contributed by atoms with Gasteiger partial charge in [0.25, 0.3) is 5.91 Å². The fourth-order valence-corrected chi connectivity index (χ4v) is 3.91. The first-order chi connectivity index (χ1) is 17.9. The second-order valence-electron chi connectivity index (χ2n) is 8.12. The molecular weight excluding hydrogens is 479 g/mol. The minimum atomic E-state index is -0.456. The Kier molecular flexibility index (Phi) is 6.10. The van der Waals surface area contributed by atoms with E-state index in [9.17, 15) is 14.4 Å². The van der Waals surface area contributed by atoms with Gasteiger partial charge >= 0.3 is 0 Å². The number of nitrogens with one attached hydrogen (secondary N) is 1. The number of aromatic nitrogens is 5. The lowest BCUT2D eigenvalue weighted by Gasteiger charge is -2.10. The smallest absolute Gasteiger partial charge is 0.263 e. The van der Waals surface area contributed by atoms with Crippen molar-refractivity contribution >= 4 is 17.4 Å². The van der Waals surface area contributed by atoms with Crippen LogP contribution in [0.15, 0.2) is 67.1 Å². The zero-order valence-corrected chi connectivity index (χ0v) is 20.1. The number of ether oxygens (including phenoxy) is 2. The van der Waals surface area contributed by atoms with Crippen LogP contribution in [-0.2, 0) is 0 Å². The van der Waals surface area contributed by atoms with E-state index in [1.807, 2.05) is 0 Å². The molecule has 4 heterocycles. The quantitative estimate of drug-likeness (QED) is 0.269. The average Bonchev–Trinajstić information content (AvgIpc) is 3.29. The van der Waals surface area contributed by atoms with Crippen molar-refractivity contribution in [1.29, 1.82) is 0 Å². The maximum absolute atomic E-state index is 14.1. The zero-order valence-electron chi connectivity index (χ0n) is 20.1. The van der Waals surface area contributed by atoms with Crippen LogP contribution >= 0.6 is 0 Å². The van der Waals surface area contributed by atoms with Crippen LogP contribution in [0.4, 0.5) is 10.2 Å². The maximum atomic E-state index is 14.1. The van der Waals surface area contributed by atoms with E-state index in [4.69, 9.17) is 14.5 Å². The van der Waals surface area contributed by atoms with Gasteiger partial charge in [-0.05, 0) is 48.9 Å². The van der Waals surface area contributed by atoms with Crippen LogP contribution in [0.3, 0.4) is 0 Å². The summed E-state index contributed by atoms with van der Waals surface area (Å²) in [6, 6.07) is 12.9. The Hall–Kier alpha value is -5.06. The third-order valence-corrected chi connectivity index (χ3v) is 5.71. The molecule has 37 heavy (non-hydrogen) atoms. The highest BCUT2D eigenvalue weighted by molar-refractivity contribution is 6.03. The number of anilines is 1. The number of methoxy groups -OCH3 is 2. The Morgan fingerprint density at radius 3 is 2.68 bits per heavy atom. The lowest BCUT2D eigenvalue weighted by Crippen LogP contribution is -2.30. The first-order valence-corrected chi connectivity index (χ1v) is 11.1. The number of amides is 1. The molecule has 0 unspecified atom stereocenters. The number of fused-ring (bicyclic) bond motifs is 1. The van der Waals surface area contributed by atoms with Crippen LogP contribution in [0.5, 0.6) is 11.6 Å². The number of halogens is 1. The standard InChI is InChI=1S/C26H21FN6O4/c1-15-11-16(6-7-19(15)27)23-24(33-25(30-23)20(36-2)13-22(31-33)37-3)17-8-9-28-21(12-17)29-26(34)18-5-4-10-32(35)14-18/h4-14H,1-3H3,(H-,28,29,34,35)/p+1. The molecule has 5 aromatic rings. The molecule has 4 aromatic heterocycles. The molecule has 10 nitrogen and oxygen atoms in total. The molecule has 0 bridgehead atoms. The van der Waals surface area contributed by atoms with E-state index < -0.39 is 5.91 Å². The number of pyridine rings is 2. The number of carbonyl (C=O) groups is 1. The molecule has 0 radical (unpaired) electrons. The molecular formula is C26H22FN6O4+. The van der Waals surface area contributed by atoms with Crippen molar-refractivity contribution in [2.24, 2.45) is 0 Å². The maximum Gasteiger partial charge on any atom is 0.263 e. The van der Waals surface area contributed by atoms with E-state index in [-0.39, 0.29) is 17.2 Å². The van der Waals surface area contributed by atoms with Gasteiger partial charge in [-0.3, -0.25) is 10.0 Å². The second kappa shape index (κ2) is 9.53. The summed E-state index contributed by atoms with van der Waals surface area (Å²) in [5.74, 6) is 0.213. The van der Waals surface area contributed by atoms with Gasteiger partial charge in [-0.15, -0.1) is 5.10 Å². The Morgan fingerprint density at radius 2 is 1.95 bits per heavy atom. The number of hydrogen-bond acceptors (Lipinski definition) is 7. The van der Waals surface area contributed by atoms with Gasteiger partial charge in [-0.1, -0.05) is 0 Å². The van der Waals surface area contributed by atoms with Crippen molar-refractivity contribution in [3.63, 3.8) is 0 Å². The summed E-state index contributed by atoms with van der Waals surface area (Å²) in [5.41, 5.74) is 3.51. The average molecular weight is 501 g/mol. The molecule has 0 saturated heterocycles. The van der Waals surface area contributed by atoms with Crippen LogP contribution < -0.4 is 19.5 Å². The predicted molar refractivity (Wildman–Crippen MR) is 131 cm³/mol. The van der Waals surface area contributed by atoms with Gasteiger partial charge in [0.1, 0.15) is 22.9 Å². The van der Waals surface area contributed by atoms with Crippen LogP contribution in [0, 0.1) is 12.7 Å². The van der Waals surface area contributed by atoms with Crippen molar-refractivity contribution in [2.45, 2.75) is 6.92 Å². The summed E-state index contributed by atoms with van der Waals surface area (Å²) in [6.45, 7) is 1.68. The topological polar surface area (TPSA) is 115 Å². The fourth-order valence-electron chi connectivity index (χ4n) is 3.91. The number of nitrogens with zero attached hydrogens (tertiary/aromatic N) is 5. The summed E-state index contributed by atoms with van der Waals surface area (Å²) >= 11 is 0. The van der Waals surface area contributed by atoms with Crippen LogP contribution in [-0.4, -0.2) is 44.9 Å². The molecule has 5 rings (SSSR count). The molecule has 1 aromatic carbocycles. The largest absolute Gasteiger partial charge is 0.493 e. The van der Waals surface area contributed by atoms with Crippen molar-refractivity contribution in [1.82, 2.24) is 19.6 Å². The second-order valence-corrected chi connectivity index (χ2v) is 8.12. The third kappa shape index (κ3) is 4.49. The van der Waals surface area contributed by atoms with Gasteiger partial charge in [0.15, 0.2) is 11.4 Å². The fraction of sp³-hybridized carbons (Fsp3) is 0.115. The summed E-state index contributed by atoms with van der Waals surface area (Å²) in [6.07, 6.45) is 4.22. The molecule has 186 valence electrons. The molecule has 0 aliphatic carbocycles. The van der Waals surface area contributed by atoms with Gasteiger partial charge in [-0.2, -0.15) is 0 Å². The Labute approximate surface area is 210 Å². The molecule has 0 atom stereocenters.